The third-order valence-corrected chi connectivity index (χ3v) is 3.06. The van der Waals surface area contributed by atoms with Gasteiger partial charge in [0.15, 0.2) is 0 Å². The summed E-state index contributed by atoms with van der Waals surface area (Å²) in [6.45, 7) is 4.16. The lowest BCUT2D eigenvalue weighted by Crippen LogP contribution is -2.15. The molecule has 3 heteroatoms. The molecule has 1 aromatic carbocycles. The summed E-state index contributed by atoms with van der Waals surface area (Å²) in [5.41, 5.74) is 4.26. The Kier molecular flexibility index (Phi) is 3.18. The molecule has 90 valence electrons. The molecule has 1 aromatic heterocycles. The Morgan fingerprint density at radius 1 is 1.29 bits per heavy atom. The number of benzene rings is 1. The van der Waals surface area contributed by atoms with Gasteiger partial charge in [0.05, 0.1) is 5.69 Å². The van der Waals surface area contributed by atoms with Crippen LogP contribution in [0.2, 0.25) is 0 Å². The molecule has 0 aliphatic heterocycles. The van der Waals surface area contributed by atoms with Gasteiger partial charge in [-0.1, -0.05) is 37.6 Å². The summed E-state index contributed by atoms with van der Waals surface area (Å²) in [5.74, 6) is 0. The molecule has 2 aromatic rings. The fourth-order valence-corrected chi connectivity index (χ4v) is 2.15. The summed E-state index contributed by atoms with van der Waals surface area (Å²) in [6.07, 6.45) is 1.80. The lowest BCUT2D eigenvalue weighted by Gasteiger charge is -2.05. The second kappa shape index (κ2) is 4.62. The fourth-order valence-electron chi connectivity index (χ4n) is 2.15. The number of nitrogens with one attached hydrogen (secondary N) is 1. The summed E-state index contributed by atoms with van der Waals surface area (Å²) in [6, 6.07) is 8.14. The van der Waals surface area contributed by atoms with Crippen molar-refractivity contribution in [1.82, 2.24) is 9.78 Å². The minimum atomic E-state index is 0.0881. The molecule has 17 heavy (non-hydrogen) atoms. The number of aryl methyl sites for hydroxylation is 2. The first kappa shape index (κ1) is 11.7. The number of hydrogen-bond donors (Lipinski definition) is 1. The Hall–Kier alpha value is -1.77. The molecule has 0 fully saturated rings. The van der Waals surface area contributed by atoms with Crippen molar-refractivity contribution in [3.8, 4) is 11.3 Å². The van der Waals surface area contributed by atoms with Crippen LogP contribution in [0, 0.1) is 6.92 Å². The molecule has 0 saturated carbocycles. The van der Waals surface area contributed by atoms with Crippen LogP contribution in [-0.2, 0) is 13.5 Å². The van der Waals surface area contributed by atoms with Gasteiger partial charge in [-0.05, 0) is 18.9 Å². The Morgan fingerprint density at radius 2 is 2.00 bits per heavy atom. The van der Waals surface area contributed by atoms with E-state index in [2.05, 4.69) is 31.1 Å². The van der Waals surface area contributed by atoms with E-state index in [1.54, 1.807) is 11.7 Å². The molecule has 0 amide bonds. The van der Waals surface area contributed by atoms with Crippen LogP contribution < -0.4 is 5.56 Å². The van der Waals surface area contributed by atoms with Crippen LogP contribution in [0.15, 0.2) is 29.1 Å². The zero-order valence-corrected chi connectivity index (χ0v) is 10.6. The number of rotatable bonds is 3. The number of nitrogens with zero attached hydrogens (tertiary/aromatic N) is 1. The van der Waals surface area contributed by atoms with E-state index in [4.69, 9.17) is 0 Å². The molecule has 0 aliphatic rings. The maximum absolute atomic E-state index is 12.0. The summed E-state index contributed by atoms with van der Waals surface area (Å²) < 4.78 is 1.56. The zero-order valence-electron chi connectivity index (χ0n) is 10.6. The molecule has 2 rings (SSSR count). The summed E-state index contributed by atoms with van der Waals surface area (Å²) in [4.78, 5) is 12.0. The normalized spacial score (nSPS) is 10.8. The molecule has 1 N–H and O–H groups in total. The number of hydrogen-bond acceptors (Lipinski definition) is 1. The van der Waals surface area contributed by atoms with Crippen molar-refractivity contribution in [3.63, 3.8) is 0 Å². The van der Waals surface area contributed by atoms with Gasteiger partial charge in [0.1, 0.15) is 0 Å². The van der Waals surface area contributed by atoms with Crippen LogP contribution in [0.4, 0.5) is 0 Å². The summed E-state index contributed by atoms with van der Waals surface area (Å²) in [5, 5.41) is 3.16. The molecule has 0 spiro atoms. The third-order valence-electron chi connectivity index (χ3n) is 3.06. The number of aromatic nitrogens is 2. The molecule has 1 heterocycles. The van der Waals surface area contributed by atoms with Crippen molar-refractivity contribution in [1.29, 1.82) is 0 Å². The van der Waals surface area contributed by atoms with Gasteiger partial charge in [0, 0.05) is 18.2 Å². The van der Waals surface area contributed by atoms with E-state index in [1.165, 1.54) is 5.56 Å². The molecule has 3 nitrogen and oxygen atoms in total. The average Bonchev–Trinajstić information content (AvgIpc) is 2.58. The standard InChI is InChI=1S/C14H18N2O/c1-4-7-12-13(15-16(3)14(12)17)11-9-6-5-8-10(11)2/h5-6,8-9,15H,4,7H2,1-3H3. The van der Waals surface area contributed by atoms with E-state index >= 15 is 0 Å². The van der Waals surface area contributed by atoms with Gasteiger partial charge in [0.25, 0.3) is 5.56 Å². The largest absolute Gasteiger partial charge is 0.295 e. The van der Waals surface area contributed by atoms with E-state index in [9.17, 15) is 4.79 Å². The molecular weight excluding hydrogens is 212 g/mol. The van der Waals surface area contributed by atoms with Gasteiger partial charge in [-0.25, -0.2) is 0 Å². The van der Waals surface area contributed by atoms with Crippen molar-refractivity contribution in [2.45, 2.75) is 26.7 Å². The van der Waals surface area contributed by atoms with Gasteiger partial charge >= 0.3 is 0 Å². The SMILES string of the molecule is CCCc1c(-c2ccccc2C)[nH]n(C)c1=O. The van der Waals surface area contributed by atoms with Crippen molar-refractivity contribution < 1.29 is 0 Å². The number of H-pyrrole nitrogens is 1. The first-order chi connectivity index (χ1) is 8.15. The van der Waals surface area contributed by atoms with Crippen LogP contribution in [-0.4, -0.2) is 9.78 Å². The average molecular weight is 230 g/mol. The highest BCUT2D eigenvalue weighted by molar-refractivity contribution is 5.66. The second-order valence-corrected chi connectivity index (χ2v) is 4.39. The minimum Gasteiger partial charge on any atom is -0.295 e. The number of aromatic amines is 1. The molecule has 0 saturated heterocycles. The Labute approximate surface area is 101 Å². The maximum atomic E-state index is 12.0. The highest BCUT2D eigenvalue weighted by atomic mass is 16.1. The molecule has 0 bridgehead atoms. The van der Waals surface area contributed by atoms with Gasteiger partial charge < -0.3 is 0 Å². The van der Waals surface area contributed by atoms with Crippen molar-refractivity contribution in [2.75, 3.05) is 0 Å². The lowest BCUT2D eigenvalue weighted by molar-refractivity contribution is 0.738. The van der Waals surface area contributed by atoms with Crippen LogP contribution in [0.1, 0.15) is 24.5 Å². The van der Waals surface area contributed by atoms with E-state index in [-0.39, 0.29) is 5.56 Å². The monoisotopic (exact) mass is 230 g/mol. The van der Waals surface area contributed by atoms with Gasteiger partial charge in [0.2, 0.25) is 0 Å². The van der Waals surface area contributed by atoms with Gasteiger partial charge in [-0.2, -0.15) is 0 Å². The first-order valence-corrected chi connectivity index (χ1v) is 5.99. The quantitative estimate of drug-likeness (QED) is 0.864. The van der Waals surface area contributed by atoms with Crippen LogP contribution >= 0.6 is 0 Å². The topological polar surface area (TPSA) is 37.8 Å². The third kappa shape index (κ3) is 2.05. The summed E-state index contributed by atoms with van der Waals surface area (Å²) >= 11 is 0. The lowest BCUT2D eigenvalue weighted by atomic mass is 10.0. The highest BCUT2D eigenvalue weighted by Gasteiger charge is 2.14. The smallest absolute Gasteiger partial charge is 0.270 e. The molecule has 0 atom stereocenters. The summed E-state index contributed by atoms with van der Waals surface area (Å²) in [7, 11) is 1.77. The van der Waals surface area contributed by atoms with E-state index in [1.807, 2.05) is 12.1 Å². The Morgan fingerprint density at radius 3 is 2.65 bits per heavy atom. The van der Waals surface area contributed by atoms with Crippen molar-refractivity contribution in [2.24, 2.45) is 7.05 Å². The highest BCUT2D eigenvalue weighted by Crippen LogP contribution is 2.23. The van der Waals surface area contributed by atoms with Crippen molar-refractivity contribution >= 4 is 0 Å². The van der Waals surface area contributed by atoms with Crippen LogP contribution in [0.5, 0.6) is 0 Å². The first-order valence-electron chi connectivity index (χ1n) is 5.99. The zero-order chi connectivity index (χ0) is 12.4. The van der Waals surface area contributed by atoms with E-state index in [0.717, 1.165) is 29.7 Å². The van der Waals surface area contributed by atoms with Crippen LogP contribution in [0.25, 0.3) is 11.3 Å². The van der Waals surface area contributed by atoms with Crippen LogP contribution in [0.3, 0.4) is 0 Å². The fraction of sp³-hybridized carbons (Fsp3) is 0.357. The Balaban J connectivity index is 2.63. The molecule has 0 aliphatic carbocycles. The molecule has 0 unspecified atom stereocenters. The Bertz CT molecular complexity index is 578. The van der Waals surface area contributed by atoms with Crippen molar-refractivity contribution in [3.05, 3.63) is 45.7 Å². The van der Waals surface area contributed by atoms with Gasteiger partial charge in [-0.3, -0.25) is 14.6 Å². The maximum Gasteiger partial charge on any atom is 0.270 e. The minimum absolute atomic E-state index is 0.0881. The predicted octanol–water partition coefficient (Wildman–Crippen LogP) is 2.64. The van der Waals surface area contributed by atoms with Gasteiger partial charge in [-0.15, -0.1) is 0 Å². The molecular formula is C14H18N2O. The van der Waals surface area contributed by atoms with E-state index in [0.29, 0.717) is 0 Å². The molecule has 0 radical (unpaired) electrons. The van der Waals surface area contributed by atoms with E-state index < -0.39 is 0 Å². The second-order valence-electron chi connectivity index (χ2n) is 4.39. The predicted molar refractivity (Wildman–Crippen MR) is 70.2 cm³/mol.